The summed E-state index contributed by atoms with van der Waals surface area (Å²) in [6, 6.07) is 7.83. The molecular weight excluding hydrogens is 277 g/mol. The highest BCUT2D eigenvalue weighted by Gasteiger charge is 2.15. The Morgan fingerprint density at radius 1 is 1.35 bits per heavy atom. The van der Waals surface area contributed by atoms with Crippen LogP contribution in [0.15, 0.2) is 35.7 Å². The van der Waals surface area contributed by atoms with Crippen molar-refractivity contribution in [3.8, 4) is 10.6 Å². The number of carbonyl (C=O) groups is 1. The third-order valence-electron chi connectivity index (χ3n) is 3.07. The van der Waals surface area contributed by atoms with Gasteiger partial charge in [0.1, 0.15) is 5.82 Å². The largest absolute Gasteiger partial charge is 0.478 e. The molecule has 0 aliphatic carbocycles. The summed E-state index contributed by atoms with van der Waals surface area (Å²) >= 11 is 1.48. The summed E-state index contributed by atoms with van der Waals surface area (Å²) in [5.74, 6) is -1.54. The Balaban J connectivity index is 2.40. The number of carboxylic acids is 1. The topological polar surface area (TPSA) is 50.2 Å². The Labute approximate surface area is 118 Å². The number of benzene rings is 1. The second-order valence-electron chi connectivity index (χ2n) is 4.46. The number of aryl methyl sites for hydroxylation is 1. The van der Waals surface area contributed by atoms with Gasteiger partial charge in [0.15, 0.2) is 0 Å². The molecule has 3 aromatic rings. The van der Waals surface area contributed by atoms with Crippen molar-refractivity contribution in [2.75, 3.05) is 0 Å². The van der Waals surface area contributed by atoms with Gasteiger partial charge in [-0.2, -0.15) is 0 Å². The molecule has 2 heterocycles. The van der Waals surface area contributed by atoms with Crippen molar-refractivity contribution in [3.63, 3.8) is 0 Å². The van der Waals surface area contributed by atoms with Gasteiger partial charge in [0.2, 0.25) is 0 Å². The van der Waals surface area contributed by atoms with Crippen LogP contribution in [0, 0.1) is 12.7 Å². The molecule has 1 aromatic carbocycles. The standard InChI is InChI=1S/C15H10FNO2S/c1-8-5-9(16)6-10-11(15(18)19)7-12(17-14(8)10)13-3-2-4-20-13/h2-7H,1H3,(H,18,19). The van der Waals surface area contributed by atoms with Gasteiger partial charge in [-0.3, -0.25) is 0 Å². The van der Waals surface area contributed by atoms with E-state index in [2.05, 4.69) is 4.98 Å². The number of carboxylic acid groups (broad SMARTS) is 1. The highest BCUT2D eigenvalue weighted by molar-refractivity contribution is 7.13. The number of halogens is 1. The maximum absolute atomic E-state index is 13.5. The second kappa shape index (κ2) is 4.68. The molecule has 3 rings (SSSR count). The summed E-state index contributed by atoms with van der Waals surface area (Å²) in [5, 5.41) is 11.6. The number of aromatic carboxylic acids is 1. The predicted molar refractivity (Wildman–Crippen MR) is 76.7 cm³/mol. The van der Waals surface area contributed by atoms with Gasteiger partial charge in [-0.25, -0.2) is 14.2 Å². The van der Waals surface area contributed by atoms with E-state index in [1.54, 1.807) is 6.92 Å². The van der Waals surface area contributed by atoms with Crippen molar-refractivity contribution in [1.82, 2.24) is 4.98 Å². The molecule has 3 nitrogen and oxygen atoms in total. The summed E-state index contributed by atoms with van der Waals surface area (Å²) in [6.45, 7) is 1.72. The minimum atomic E-state index is -1.08. The Kier molecular flexibility index (Phi) is 2.99. The highest BCUT2D eigenvalue weighted by atomic mass is 32.1. The normalized spacial score (nSPS) is 10.9. The lowest BCUT2D eigenvalue weighted by Gasteiger charge is -2.08. The number of rotatable bonds is 2. The lowest BCUT2D eigenvalue weighted by atomic mass is 10.0. The van der Waals surface area contributed by atoms with Gasteiger partial charge in [-0.1, -0.05) is 6.07 Å². The van der Waals surface area contributed by atoms with Crippen molar-refractivity contribution >= 4 is 28.2 Å². The van der Waals surface area contributed by atoms with Gasteiger partial charge in [0.25, 0.3) is 0 Å². The maximum atomic E-state index is 13.5. The SMILES string of the molecule is Cc1cc(F)cc2c(C(=O)O)cc(-c3cccs3)nc12. The number of thiophene rings is 1. The zero-order chi connectivity index (χ0) is 14.3. The average Bonchev–Trinajstić information content (AvgIpc) is 2.91. The lowest BCUT2D eigenvalue weighted by molar-refractivity contribution is 0.0699. The molecule has 0 aliphatic rings. The first-order valence-electron chi connectivity index (χ1n) is 5.94. The summed E-state index contributed by atoms with van der Waals surface area (Å²) in [4.78, 5) is 16.8. The van der Waals surface area contributed by atoms with Gasteiger partial charge in [-0.15, -0.1) is 11.3 Å². The fourth-order valence-electron chi connectivity index (χ4n) is 2.18. The highest BCUT2D eigenvalue weighted by Crippen LogP contribution is 2.29. The van der Waals surface area contributed by atoms with E-state index < -0.39 is 11.8 Å². The number of fused-ring (bicyclic) bond motifs is 1. The van der Waals surface area contributed by atoms with Gasteiger partial charge in [0.05, 0.1) is 21.7 Å². The summed E-state index contributed by atoms with van der Waals surface area (Å²) in [5.41, 5.74) is 1.82. The van der Waals surface area contributed by atoms with Crippen LogP contribution in [0.3, 0.4) is 0 Å². The Bertz CT molecular complexity index is 812. The summed E-state index contributed by atoms with van der Waals surface area (Å²) in [7, 11) is 0. The van der Waals surface area contributed by atoms with E-state index in [0.717, 1.165) is 4.88 Å². The van der Waals surface area contributed by atoms with Gasteiger partial charge >= 0.3 is 5.97 Å². The second-order valence-corrected chi connectivity index (χ2v) is 5.40. The van der Waals surface area contributed by atoms with Crippen LogP contribution >= 0.6 is 11.3 Å². The van der Waals surface area contributed by atoms with Crippen LogP contribution < -0.4 is 0 Å². The zero-order valence-corrected chi connectivity index (χ0v) is 11.4. The van der Waals surface area contributed by atoms with Crippen molar-refractivity contribution < 1.29 is 14.3 Å². The van der Waals surface area contributed by atoms with Crippen LogP contribution in [0.5, 0.6) is 0 Å². The monoisotopic (exact) mass is 287 g/mol. The minimum Gasteiger partial charge on any atom is -0.478 e. The van der Waals surface area contributed by atoms with Crippen LogP contribution in [0.2, 0.25) is 0 Å². The van der Waals surface area contributed by atoms with Crippen LogP contribution in [0.25, 0.3) is 21.5 Å². The zero-order valence-electron chi connectivity index (χ0n) is 10.6. The van der Waals surface area contributed by atoms with E-state index >= 15 is 0 Å². The molecule has 0 fully saturated rings. The fraction of sp³-hybridized carbons (Fsp3) is 0.0667. The molecule has 0 saturated carbocycles. The first-order chi connectivity index (χ1) is 9.56. The molecular formula is C15H10FNO2S. The molecule has 0 aliphatic heterocycles. The first kappa shape index (κ1) is 12.7. The molecule has 0 bridgehead atoms. The predicted octanol–water partition coefficient (Wildman–Crippen LogP) is 4.11. The number of nitrogens with zero attached hydrogens (tertiary/aromatic N) is 1. The number of pyridine rings is 1. The molecule has 2 aromatic heterocycles. The van der Waals surface area contributed by atoms with E-state index in [1.165, 1.54) is 29.5 Å². The number of aromatic nitrogens is 1. The Morgan fingerprint density at radius 3 is 2.80 bits per heavy atom. The van der Waals surface area contributed by atoms with Crippen LogP contribution in [0.4, 0.5) is 4.39 Å². The molecule has 0 unspecified atom stereocenters. The Hall–Kier alpha value is -2.27. The lowest BCUT2D eigenvalue weighted by Crippen LogP contribution is -2.01. The molecule has 0 spiro atoms. The van der Waals surface area contributed by atoms with Crippen molar-refractivity contribution in [2.45, 2.75) is 6.92 Å². The van der Waals surface area contributed by atoms with Gasteiger partial charge in [-0.05, 0) is 42.1 Å². The van der Waals surface area contributed by atoms with E-state index in [4.69, 9.17) is 0 Å². The Morgan fingerprint density at radius 2 is 2.15 bits per heavy atom. The van der Waals surface area contributed by atoms with Gasteiger partial charge in [0, 0.05) is 5.39 Å². The molecule has 1 N–H and O–H groups in total. The number of hydrogen-bond acceptors (Lipinski definition) is 3. The average molecular weight is 287 g/mol. The van der Waals surface area contributed by atoms with E-state index in [9.17, 15) is 14.3 Å². The molecule has 20 heavy (non-hydrogen) atoms. The molecule has 5 heteroatoms. The van der Waals surface area contributed by atoms with Crippen LogP contribution in [-0.4, -0.2) is 16.1 Å². The van der Waals surface area contributed by atoms with Gasteiger partial charge < -0.3 is 5.11 Å². The molecule has 0 atom stereocenters. The fourth-order valence-corrected chi connectivity index (χ4v) is 2.87. The first-order valence-corrected chi connectivity index (χ1v) is 6.82. The summed E-state index contributed by atoms with van der Waals surface area (Å²) < 4.78 is 13.5. The molecule has 0 saturated heterocycles. The third kappa shape index (κ3) is 2.06. The van der Waals surface area contributed by atoms with Crippen LogP contribution in [0.1, 0.15) is 15.9 Å². The molecule has 0 amide bonds. The van der Waals surface area contributed by atoms with E-state index in [-0.39, 0.29) is 5.56 Å². The van der Waals surface area contributed by atoms with Crippen molar-refractivity contribution in [2.24, 2.45) is 0 Å². The van der Waals surface area contributed by atoms with Crippen molar-refractivity contribution in [3.05, 3.63) is 52.7 Å². The summed E-state index contributed by atoms with van der Waals surface area (Å²) in [6.07, 6.45) is 0. The van der Waals surface area contributed by atoms with E-state index in [1.807, 2.05) is 17.5 Å². The maximum Gasteiger partial charge on any atom is 0.336 e. The smallest absolute Gasteiger partial charge is 0.336 e. The minimum absolute atomic E-state index is 0.0704. The molecule has 0 radical (unpaired) electrons. The molecule has 100 valence electrons. The number of hydrogen-bond donors (Lipinski definition) is 1. The third-order valence-corrected chi connectivity index (χ3v) is 3.97. The van der Waals surface area contributed by atoms with Crippen LogP contribution in [-0.2, 0) is 0 Å². The van der Waals surface area contributed by atoms with E-state index in [0.29, 0.717) is 22.2 Å². The quantitative estimate of drug-likeness (QED) is 0.771. The van der Waals surface area contributed by atoms with Crippen molar-refractivity contribution in [1.29, 1.82) is 0 Å².